The van der Waals surface area contributed by atoms with Crippen LogP contribution in [0.4, 0.5) is 4.39 Å². The molecule has 148 valence electrons. The highest BCUT2D eigenvalue weighted by atomic mass is 19.1. The van der Waals surface area contributed by atoms with Crippen molar-refractivity contribution in [2.45, 2.75) is 38.5 Å². The Kier molecular flexibility index (Phi) is 3.92. The first-order valence-corrected chi connectivity index (χ1v) is 10.7. The van der Waals surface area contributed by atoms with Crippen LogP contribution in [-0.2, 0) is 0 Å². The molecule has 0 radical (unpaired) electrons. The summed E-state index contributed by atoms with van der Waals surface area (Å²) in [6.45, 7) is 2.09. The van der Waals surface area contributed by atoms with Gasteiger partial charge in [0.1, 0.15) is 11.2 Å². The molecular weight excluding hydrogens is 373 g/mol. The quantitative estimate of drug-likeness (QED) is 0.303. The number of hydrogen-bond donors (Lipinski definition) is 0. The maximum absolute atomic E-state index is 15.5. The van der Waals surface area contributed by atoms with Crippen molar-refractivity contribution < 1.29 is 8.81 Å². The fourth-order valence-electron chi connectivity index (χ4n) is 5.07. The normalized spacial score (nSPS) is 15.0. The second kappa shape index (κ2) is 6.66. The van der Waals surface area contributed by atoms with E-state index in [-0.39, 0.29) is 11.7 Å². The van der Waals surface area contributed by atoms with E-state index in [1.807, 2.05) is 42.5 Å². The largest absolute Gasteiger partial charge is 0.455 e. The topological polar surface area (TPSA) is 26.0 Å². The molecular formula is C27H22FNO. The number of nitrogens with zero attached hydrogens (tertiary/aromatic N) is 1. The maximum atomic E-state index is 15.5. The molecule has 3 heteroatoms. The summed E-state index contributed by atoms with van der Waals surface area (Å²) < 4.78 is 21.8. The predicted molar refractivity (Wildman–Crippen MR) is 120 cm³/mol. The number of hydrogen-bond acceptors (Lipinski definition) is 2. The fourth-order valence-corrected chi connectivity index (χ4v) is 5.07. The van der Waals surface area contributed by atoms with Crippen LogP contribution >= 0.6 is 0 Å². The van der Waals surface area contributed by atoms with E-state index in [1.54, 1.807) is 0 Å². The van der Waals surface area contributed by atoms with Crippen LogP contribution in [0.3, 0.4) is 0 Å². The smallest absolute Gasteiger partial charge is 0.152 e. The van der Waals surface area contributed by atoms with Crippen molar-refractivity contribution in [3.05, 3.63) is 77.7 Å². The molecule has 0 atom stereocenters. The highest BCUT2D eigenvalue weighted by Gasteiger charge is 2.26. The minimum absolute atomic E-state index is 0.158. The number of pyridine rings is 1. The number of halogens is 1. The predicted octanol–water partition coefficient (Wildman–Crippen LogP) is 7.91. The number of benzene rings is 3. The van der Waals surface area contributed by atoms with E-state index in [1.165, 1.54) is 0 Å². The van der Waals surface area contributed by atoms with Crippen molar-refractivity contribution in [3.63, 3.8) is 0 Å². The van der Waals surface area contributed by atoms with E-state index in [0.29, 0.717) is 11.1 Å². The first-order valence-electron chi connectivity index (χ1n) is 10.7. The molecule has 1 saturated carbocycles. The van der Waals surface area contributed by atoms with E-state index < -0.39 is 0 Å². The zero-order valence-electron chi connectivity index (χ0n) is 16.9. The molecule has 0 aliphatic heterocycles. The first-order chi connectivity index (χ1) is 14.7. The number of furan rings is 1. The second-order valence-corrected chi connectivity index (χ2v) is 8.47. The lowest BCUT2D eigenvalue weighted by Gasteiger charge is -2.16. The Balaban J connectivity index is 1.73. The van der Waals surface area contributed by atoms with Crippen LogP contribution in [-0.4, -0.2) is 4.98 Å². The lowest BCUT2D eigenvalue weighted by Crippen LogP contribution is -2.04. The minimum Gasteiger partial charge on any atom is -0.455 e. The number of rotatable bonds is 2. The minimum atomic E-state index is -0.158. The average molecular weight is 395 g/mol. The van der Waals surface area contributed by atoms with Crippen molar-refractivity contribution in [1.82, 2.24) is 4.98 Å². The summed E-state index contributed by atoms with van der Waals surface area (Å²) in [5.74, 6) is 0.0408. The molecule has 0 unspecified atom stereocenters. The van der Waals surface area contributed by atoms with Gasteiger partial charge in [0.2, 0.25) is 0 Å². The lowest BCUT2D eigenvalue weighted by molar-refractivity contribution is 0.575. The van der Waals surface area contributed by atoms with E-state index in [2.05, 4.69) is 25.1 Å². The summed E-state index contributed by atoms with van der Waals surface area (Å²) in [5.41, 5.74) is 5.21. The molecule has 3 aromatic carbocycles. The second-order valence-electron chi connectivity index (χ2n) is 8.47. The third kappa shape index (κ3) is 2.58. The Bertz CT molecular complexity index is 1430. The zero-order valence-corrected chi connectivity index (χ0v) is 16.9. The Morgan fingerprint density at radius 2 is 1.57 bits per heavy atom. The van der Waals surface area contributed by atoms with E-state index in [9.17, 15) is 0 Å². The van der Waals surface area contributed by atoms with Gasteiger partial charge in [-0.3, -0.25) is 0 Å². The van der Waals surface area contributed by atoms with Crippen molar-refractivity contribution in [3.8, 4) is 11.3 Å². The van der Waals surface area contributed by atoms with Gasteiger partial charge in [0, 0.05) is 33.0 Å². The molecule has 0 spiro atoms. The Morgan fingerprint density at radius 3 is 2.37 bits per heavy atom. The van der Waals surface area contributed by atoms with Gasteiger partial charge in [-0.05, 0) is 43.5 Å². The average Bonchev–Trinajstić information content (AvgIpc) is 3.42. The van der Waals surface area contributed by atoms with Gasteiger partial charge in [-0.15, -0.1) is 0 Å². The number of aromatic nitrogens is 1. The van der Waals surface area contributed by atoms with E-state index in [4.69, 9.17) is 9.40 Å². The third-order valence-corrected chi connectivity index (χ3v) is 6.50. The summed E-state index contributed by atoms with van der Waals surface area (Å²) in [4.78, 5) is 4.98. The summed E-state index contributed by atoms with van der Waals surface area (Å²) >= 11 is 0. The molecule has 0 amide bonds. The van der Waals surface area contributed by atoms with Gasteiger partial charge in [-0.1, -0.05) is 55.3 Å². The molecule has 6 rings (SSSR count). The molecule has 0 bridgehead atoms. The van der Waals surface area contributed by atoms with Crippen LogP contribution in [0.5, 0.6) is 0 Å². The van der Waals surface area contributed by atoms with Crippen molar-refractivity contribution >= 4 is 32.7 Å². The van der Waals surface area contributed by atoms with Crippen molar-refractivity contribution in [1.29, 1.82) is 0 Å². The molecule has 5 aromatic rings. The molecule has 2 nitrogen and oxygen atoms in total. The number of aryl methyl sites for hydroxylation is 1. The number of para-hydroxylation sites is 1. The molecule has 1 aliphatic rings. The Morgan fingerprint density at radius 1 is 0.867 bits per heavy atom. The zero-order chi connectivity index (χ0) is 20.2. The van der Waals surface area contributed by atoms with Crippen LogP contribution in [0.25, 0.3) is 44.0 Å². The fraction of sp³-hybridized carbons (Fsp3) is 0.222. The summed E-state index contributed by atoms with van der Waals surface area (Å²) in [5, 5.41) is 3.66. The van der Waals surface area contributed by atoms with E-state index in [0.717, 1.165) is 69.8 Å². The van der Waals surface area contributed by atoms with Crippen LogP contribution in [0, 0.1) is 12.7 Å². The summed E-state index contributed by atoms with van der Waals surface area (Å²) in [6.07, 6.45) is 4.31. The standard InChI is InChI=1S/C27H22FNO/c1-16-14-21-18-10-6-7-13-23(18)30-27(21)22(15-16)26-20-12-5-4-11-19(20)24(28)25(29-26)17-8-2-3-9-17/h4-7,10-15,17H,2-3,8-9H2,1H3. The Labute approximate surface area is 174 Å². The first kappa shape index (κ1) is 17.6. The van der Waals surface area contributed by atoms with Crippen LogP contribution in [0.1, 0.15) is 42.9 Å². The van der Waals surface area contributed by atoms with Crippen LogP contribution in [0.15, 0.2) is 65.1 Å². The third-order valence-electron chi connectivity index (χ3n) is 6.50. The van der Waals surface area contributed by atoms with Gasteiger partial charge < -0.3 is 4.42 Å². The highest BCUT2D eigenvalue weighted by molar-refractivity contribution is 6.11. The lowest BCUT2D eigenvalue weighted by atomic mass is 9.95. The molecule has 30 heavy (non-hydrogen) atoms. The summed E-state index contributed by atoms with van der Waals surface area (Å²) in [6, 6.07) is 20.1. The monoisotopic (exact) mass is 395 g/mol. The van der Waals surface area contributed by atoms with Crippen LogP contribution in [0.2, 0.25) is 0 Å². The molecule has 1 aliphatic carbocycles. The van der Waals surface area contributed by atoms with Gasteiger partial charge in [-0.25, -0.2) is 9.37 Å². The van der Waals surface area contributed by atoms with Gasteiger partial charge >= 0.3 is 0 Å². The van der Waals surface area contributed by atoms with Gasteiger partial charge in [-0.2, -0.15) is 0 Å². The van der Waals surface area contributed by atoms with Crippen molar-refractivity contribution in [2.24, 2.45) is 0 Å². The van der Waals surface area contributed by atoms with Crippen molar-refractivity contribution in [2.75, 3.05) is 0 Å². The number of fused-ring (bicyclic) bond motifs is 4. The van der Waals surface area contributed by atoms with Gasteiger partial charge in [0.05, 0.1) is 11.4 Å². The Hall–Kier alpha value is -3.20. The molecule has 1 fully saturated rings. The molecule has 0 N–H and O–H groups in total. The SMILES string of the molecule is Cc1cc(-c2nc(C3CCCC3)c(F)c3ccccc23)c2oc3ccccc3c2c1. The summed E-state index contributed by atoms with van der Waals surface area (Å²) in [7, 11) is 0. The van der Waals surface area contributed by atoms with Gasteiger partial charge in [0.25, 0.3) is 0 Å². The maximum Gasteiger partial charge on any atom is 0.152 e. The van der Waals surface area contributed by atoms with E-state index >= 15 is 4.39 Å². The molecule has 2 heterocycles. The highest BCUT2D eigenvalue weighted by Crippen LogP contribution is 2.42. The molecule has 0 saturated heterocycles. The molecule has 2 aromatic heterocycles. The van der Waals surface area contributed by atoms with Crippen LogP contribution < -0.4 is 0 Å². The van der Waals surface area contributed by atoms with Gasteiger partial charge in [0.15, 0.2) is 5.82 Å².